The Morgan fingerprint density at radius 3 is 2.19 bits per heavy atom. The number of allylic oxidation sites excluding steroid dienone is 6. The van der Waals surface area contributed by atoms with Gasteiger partial charge in [0.1, 0.15) is 40.5 Å². The van der Waals surface area contributed by atoms with Gasteiger partial charge in [0, 0.05) is 55.8 Å². The van der Waals surface area contributed by atoms with E-state index in [1.807, 2.05) is 0 Å². The van der Waals surface area contributed by atoms with Gasteiger partial charge in [-0.3, -0.25) is 5.32 Å². The third kappa shape index (κ3) is 5.17. The number of para-hydroxylation sites is 1. The topological polar surface area (TPSA) is 65.9 Å². The zero-order chi connectivity index (χ0) is 37.5. The van der Waals surface area contributed by atoms with Crippen molar-refractivity contribution >= 4 is 55.4 Å². The molecule has 0 amide bonds. The van der Waals surface area contributed by atoms with E-state index < -0.39 is 0 Å². The summed E-state index contributed by atoms with van der Waals surface area (Å²) in [6, 6.07) is 37.1. The van der Waals surface area contributed by atoms with Gasteiger partial charge in [0.2, 0.25) is 0 Å². The van der Waals surface area contributed by atoms with Crippen molar-refractivity contribution in [3.63, 3.8) is 0 Å². The Balaban J connectivity index is 0.989. The van der Waals surface area contributed by atoms with Gasteiger partial charge in [-0.25, -0.2) is 4.99 Å². The molecule has 7 aromatic rings. The predicted octanol–water partition coefficient (Wildman–Crippen LogP) is 11.8. The molecule has 12 rings (SSSR count). The van der Waals surface area contributed by atoms with Gasteiger partial charge < -0.3 is 19.1 Å². The molecule has 3 aliphatic carbocycles. The monoisotopic (exact) mass is 740 g/mol. The Morgan fingerprint density at radius 2 is 1.39 bits per heavy atom. The van der Waals surface area contributed by atoms with E-state index in [9.17, 15) is 0 Å². The second kappa shape index (κ2) is 13.0. The highest BCUT2D eigenvalue weighted by Gasteiger charge is 2.45. The predicted molar refractivity (Wildman–Crippen MR) is 232 cm³/mol. The Labute approximate surface area is 330 Å². The first-order valence-electron chi connectivity index (χ1n) is 20.2. The van der Waals surface area contributed by atoms with Crippen molar-refractivity contribution in [3.05, 3.63) is 187 Å². The fourth-order valence-electron chi connectivity index (χ4n) is 10.0. The third-order valence-corrected chi connectivity index (χ3v) is 12.6. The Morgan fingerprint density at radius 1 is 0.632 bits per heavy atom. The maximum Gasteiger partial charge on any atom is 0.143 e. The van der Waals surface area contributed by atoms with Gasteiger partial charge >= 0.3 is 0 Å². The molecule has 6 heteroatoms. The molecule has 0 radical (unpaired) electrons. The first-order valence-corrected chi connectivity index (χ1v) is 20.2. The largest absolute Gasteiger partial charge is 0.456 e. The van der Waals surface area contributed by atoms with Crippen LogP contribution in [-0.2, 0) is 0 Å². The lowest BCUT2D eigenvalue weighted by atomic mass is 9.83. The summed E-state index contributed by atoms with van der Waals surface area (Å²) in [5.74, 6) is 1.78. The lowest BCUT2D eigenvalue weighted by molar-refractivity contribution is 0.411. The normalized spacial score (nSPS) is 24.9. The number of nitrogens with one attached hydrogen (secondary N) is 2. The van der Waals surface area contributed by atoms with Crippen LogP contribution < -0.4 is 15.5 Å². The lowest BCUT2D eigenvalue weighted by Crippen LogP contribution is -2.45. The highest BCUT2D eigenvalue weighted by Crippen LogP contribution is 2.47. The molecule has 0 bridgehead atoms. The molecule has 5 unspecified atom stereocenters. The minimum atomic E-state index is -0.210. The van der Waals surface area contributed by atoms with E-state index in [1.165, 1.54) is 5.69 Å². The van der Waals surface area contributed by atoms with Gasteiger partial charge in [-0.05, 0) is 54.3 Å². The van der Waals surface area contributed by atoms with Crippen molar-refractivity contribution in [2.75, 3.05) is 4.90 Å². The van der Waals surface area contributed by atoms with E-state index in [0.717, 1.165) is 90.4 Å². The van der Waals surface area contributed by atoms with Crippen molar-refractivity contribution in [1.82, 2.24) is 10.6 Å². The number of hydrogen-bond acceptors (Lipinski definition) is 6. The smallest absolute Gasteiger partial charge is 0.143 e. The van der Waals surface area contributed by atoms with Crippen LogP contribution in [0, 0.1) is 11.8 Å². The van der Waals surface area contributed by atoms with E-state index in [4.69, 9.17) is 13.8 Å². The molecule has 5 aliphatic rings. The Kier molecular flexibility index (Phi) is 7.42. The number of rotatable bonds is 5. The second-order valence-corrected chi connectivity index (χ2v) is 15.7. The summed E-state index contributed by atoms with van der Waals surface area (Å²) in [7, 11) is 0. The van der Waals surface area contributed by atoms with Crippen LogP contribution in [0.5, 0.6) is 0 Å². The second-order valence-electron chi connectivity index (χ2n) is 15.7. The van der Waals surface area contributed by atoms with E-state index in [1.54, 1.807) is 0 Å². The van der Waals surface area contributed by atoms with Gasteiger partial charge in [0.25, 0.3) is 0 Å². The Bertz CT molecular complexity index is 2940. The van der Waals surface area contributed by atoms with E-state index >= 15 is 0 Å². The molecule has 2 aromatic heterocycles. The number of amidine groups is 1. The quantitative estimate of drug-likeness (QED) is 0.184. The average Bonchev–Trinajstić information content (AvgIpc) is 3.96. The molecular weight excluding hydrogens is 701 g/mol. The number of hydrogen-bond donors (Lipinski definition) is 2. The van der Waals surface area contributed by atoms with Crippen LogP contribution in [0.4, 0.5) is 5.69 Å². The summed E-state index contributed by atoms with van der Waals surface area (Å²) in [5.41, 5.74) is 10.2. The first-order chi connectivity index (χ1) is 28.3. The molecule has 0 saturated carbocycles. The number of aliphatic imine (C=N–C) groups is 1. The van der Waals surface area contributed by atoms with Gasteiger partial charge in [0.15, 0.2) is 0 Å². The zero-order valence-electron chi connectivity index (χ0n) is 31.3. The fourth-order valence-corrected chi connectivity index (χ4v) is 10.0. The van der Waals surface area contributed by atoms with Crippen molar-refractivity contribution in [1.29, 1.82) is 0 Å². The van der Waals surface area contributed by atoms with Crippen molar-refractivity contribution in [2.45, 2.75) is 37.3 Å². The van der Waals surface area contributed by atoms with Crippen LogP contribution in [0.15, 0.2) is 189 Å². The molecule has 6 atom stereocenters. The molecule has 2 aliphatic heterocycles. The van der Waals surface area contributed by atoms with Gasteiger partial charge in [-0.15, -0.1) is 0 Å². The van der Waals surface area contributed by atoms with Crippen molar-refractivity contribution < 1.29 is 8.83 Å². The van der Waals surface area contributed by atoms with Crippen LogP contribution in [-0.4, -0.2) is 17.9 Å². The highest BCUT2D eigenvalue weighted by molar-refractivity contribution is 6.18. The summed E-state index contributed by atoms with van der Waals surface area (Å²) in [5, 5.41) is 12.0. The van der Waals surface area contributed by atoms with Gasteiger partial charge in [-0.2, -0.15) is 0 Å². The molecule has 2 N–H and O–H groups in total. The van der Waals surface area contributed by atoms with Crippen LogP contribution in [0.25, 0.3) is 55.0 Å². The fraction of sp³-hybridized carbons (Fsp3) is 0.157. The molecule has 1 fully saturated rings. The maximum absolute atomic E-state index is 6.91. The van der Waals surface area contributed by atoms with Gasteiger partial charge in [-0.1, -0.05) is 140 Å². The highest BCUT2D eigenvalue weighted by atomic mass is 16.3. The summed E-state index contributed by atoms with van der Waals surface area (Å²) in [6.45, 7) is 0. The number of furan rings is 2. The summed E-state index contributed by atoms with van der Waals surface area (Å²) in [4.78, 5) is 7.78. The summed E-state index contributed by atoms with van der Waals surface area (Å²) in [6.07, 6.45) is 26.7. The number of nitrogens with zero attached hydrogens (tertiary/aromatic N) is 2. The minimum Gasteiger partial charge on any atom is -0.456 e. The van der Waals surface area contributed by atoms with Crippen LogP contribution >= 0.6 is 0 Å². The number of anilines is 1. The van der Waals surface area contributed by atoms with Crippen LogP contribution in [0.2, 0.25) is 0 Å². The molecule has 0 spiro atoms. The van der Waals surface area contributed by atoms with Crippen LogP contribution in [0.3, 0.4) is 0 Å². The average molecular weight is 741 g/mol. The molecule has 5 aromatic carbocycles. The number of benzene rings is 5. The first kappa shape index (κ1) is 32.6. The van der Waals surface area contributed by atoms with Crippen molar-refractivity contribution in [3.8, 4) is 11.1 Å². The molecule has 6 nitrogen and oxygen atoms in total. The van der Waals surface area contributed by atoms with E-state index in [2.05, 4.69) is 185 Å². The standard InChI is InChI=1S/C51H40N4O2/c1-3-14-31(15-4-1)49-52-50(32-16-5-2-6-17-32)54-51(53-49)39-23-13-27-45-47(39)38-22-11-21-37(48(38)57-45)36-20-12-26-44-46(36)40-30-33(28-29-43(40)56-44)55-41-24-9-7-18-34(41)35-19-8-10-25-42(35)55/h1,3-5,7-30,34-35,41-42,49,51,53H,2,6H2,(H,52,54)/t34?,35?,41-,42?,49?,51?/m1/s1. The van der Waals surface area contributed by atoms with Crippen molar-refractivity contribution in [2.24, 2.45) is 16.8 Å². The molecule has 276 valence electrons. The lowest BCUT2D eigenvalue weighted by Gasteiger charge is -2.33. The molecule has 57 heavy (non-hydrogen) atoms. The third-order valence-electron chi connectivity index (χ3n) is 12.6. The number of fused-ring (bicyclic) bond motifs is 9. The summed E-state index contributed by atoms with van der Waals surface area (Å²) < 4.78 is 13.5. The minimum absolute atomic E-state index is 0.208. The Hall–Kier alpha value is -6.63. The molecular formula is C51H40N4O2. The maximum atomic E-state index is 6.91. The van der Waals surface area contributed by atoms with E-state index in [-0.39, 0.29) is 12.3 Å². The van der Waals surface area contributed by atoms with E-state index in [0.29, 0.717) is 23.9 Å². The van der Waals surface area contributed by atoms with Gasteiger partial charge in [0.05, 0.1) is 12.1 Å². The molecule has 4 heterocycles. The zero-order valence-corrected chi connectivity index (χ0v) is 31.3. The SMILES string of the molecule is C1=CC2C3C=CC=C[C@H]3N(c3ccc4oc5cccc(-c6cccc7c6oc6cccc(C8NC(C9=CCCC=C9)=NC(c9ccccc9)N8)c67)c5c4c3)C2C=C1. The van der Waals surface area contributed by atoms with Crippen LogP contribution in [0.1, 0.15) is 36.3 Å². The summed E-state index contributed by atoms with van der Waals surface area (Å²) >= 11 is 0. The molecule has 1 saturated heterocycles.